The molecule has 0 atom stereocenters. The third-order valence-corrected chi connectivity index (χ3v) is 5.16. The number of fused-ring (bicyclic) bond motifs is 1. The van der Waals surface area contributed by atoms with Crippen molar-refractivity contribution in [2.75, 3.05) is 11.9 Å². The molecule has 4 heteroatoms. The van der Waals surface area contributed by atoms with E-state index in [0.29, 0.717) is 12.1 Å². The molecular formula is C16H17Br2NO. The largest absolute Gasteiger partial charge is 0.351 e. The topological polar surface area (TPSA) is 29.1 Å². The Morgan fingerprint density at radius 2 is 1.80 bits per heavy atom. The van der Waals surface area contributed by atoms with E-state index < -0.39 is 0 Å². The molecule has 2 rings (SSSR count). The highest BCUT2D eigenvalue weighted by Gasteiger charge is 2.17. The number of rotatable bonds is 4. The summed E-state index contributed by atoms with van der Waals surface area (Å²) >= 11 is 6.91. The van der Waals surface area contributed by atoms with Gasteiger partial charge in [-0.3, -0.25) is 4.79 Å². The van der Waals surface area contributed by atoms with Crippen LogP contribution in [0.1, 0.15) is 24.2 Å². The first-order chi connectivity index (χ1) is 9.41. The first kappa shape index (κ1) is 15.5. The molecule has 0 aliphatic rings. The highest BCUT2D eigenvalue weighted by molar-refractivity contribution is 9.10. The maximum Gasteiger partial charge on any atom is 0.251 e. The summed E-state index contributed by atoms with van der Waals surface area (Å²) in [7, 11) is 0. The highest BCUT2D eigenvalue weighted by Crippen LogP contribution is 2.21. The first-order valence-electron chi connectivity index (χ1n) is 6.45. The molecule has 0 radical (unpaired) electrons. The van der Waals surface area contributed by atoms with E-state index in [9.17, 15) is 4.79 Å². The van der Waals surface area contributed by atoms with Crippen LogP contribution in [0.5, 0.6) is 0 Å². The smallest absolute Gasteiger partial charge is 0.251 e. The standard InChI is InChI=1S/C16H17Br2NO/c1-16(2,9-17)10-19-15(20)13-4-3-12-8-14(18)6-5-11(12)7-13/h3-8H,9-10H2,1-2H3,(H,19,20). The molecule has 0 bridgehead atoms. The molecule has 0 unspecified atom stereocenters. The zero-order chi connectivity index (χ0) is 14.8. The van der Waals surface area contributed by atoms with Crippen molar-refractivity contribution in [2.24, 2.45) is 5.41 Å². The van der Waals surface area contributed by atoms with Gasteiger partial charge in [0.2, 0.25) is 0 Å². The Kier molecular flexibility index (Phi) is 4.86. The van der Waals surface area contributed by atoms with Gasteiger partial charge in [-0.2, -0.15) is 0 Å². The van der Waals surface area contributed by atoms with Gasteiger partial charge in [0, 0.05) is 21.9 Å². The lowest BCUT2D eigenvalue weighted by Gasteiger charge is -2.21. The number of carbonyl (C=O) groups excluding carboxylic acids is 1. The molecule has 0 aliphatic heterocycles. The third kappa shape index (κ3) is 3.83. The molecule has 0 aromatic heterocycles. The van der Waals surface area contributed by atoms with Crippen LogP contribution >= 0.6 is 31.9 Å². The minimum absolute atomic E-state index is 0.0242. The maximum absolute atomic E-state index is 12.2. The number of hydrogen-bond donors (Lipinski definition) is 1. The van der Waals surface area contributed by atoms with Crippen LogP contribution in [0.3, 0.4) is 0 Å². The molecule has 0 saturated carbocycles. The molecule has 0 spiro atoms. The van der Waals surface area contributed by atoms with Crippen LogP contribution in [0.4, 0.5) is 0 Å². The average molecular weight is 399 g/mol. The van der Waals surface area contributed by atoms with E-state index in [-0.39, 0.29) is 11.3 Å². The molecule has 106 valence electrons. The quantitative estimate of drug-likeness (QED) is 0.739. The molecular weight excluding hydrogens is 382 g/mol. The molecule has 0 heterocycles. The molecule has 0 fully saturated rings. The van der Waals surface area contributed by atoms with Crippen LogP contribution in [0.25, 0.3) is 10.8 Å². The Morgan fingerprint density at radius 3 is 2.50 bits per heavy atom. The van der Waals surface area contributed by atoms with Crippen LogP contribution in [-0.2, 0) is 0 Å². The summed E-state index contributed by atoms with van der Waals surface area (Å²) in [4.78, 5) is 12.2. The summed E-state index contributed by atoms with van der Waals surface area (Å²) < 4.78 is 1.04. The SMILES string of the molecule is CC(C)(CBr)CNC(=O)c1ccc2cc(Br)ccc2c1. The molecule has 0 saturated heterocycles. The van der Waals surface area contributed by atoms with Gasteiger partial charge in [0.1, 0.15) is 0 Å². The van der Waals surface area contributed by atoms with Crippen LogP contribution in [-0.4, -0.2) is 17.8 Å². The number of hydrogen-bond acceptors (Lipinski definition) is 1. The van der Waals surface area contributed by atoms with E-state index in [1.54, 1.807) is 0 Å². The van der Waals surface area contributed by atoms with E-state index in [4.69, 9.17) is 0 Å². The van der Waals surface area contributed by atoms with Crippen LogP contribution in [0.2, 0.25) is 0 Å². The summed E-state index contributed by atoms with van der Waals surface area (Å²) in [6, 6.07) is 11.8. The van der Waals surface area contributed by atoms with Gasteiger partial charge in [-0.15, -0.1) is 0 Å². The fraction of sp³-hybridized carbons (Fsp3) is 0.312. The van der Waals surface area contributed by atoms with Gasteiger partial charge in [0.15, 0.2) is 0 Å². The third-order valence-electron chi connectivity index (χ3n) is 3.15. The predicted molar refractivity (Wildman–Crippen MR) is 91.6 cm³/mol. The lowest BCUT2D eigenvalue weighted by molar-refractivity contribution is 0.0940. The predicted octanol–water partition coefficient (Wildman–Crippen LogP) is 4.75. The fourth-order valence-corrected chi connectivity index (χ4v) is 2.40. The first-order valence-corrected chi connectivity index (χ1v) is 8.36. The van der Waals surface area contributed by atoms with Crippen molar-refractivity contribution in [3.05, 3.63) is 46.4 Å². The minimum atomic E-state index is -0.0242. The lowest BCUT2D eigenvalue weighted by atomic mass is 9.96. The highest BCUT2D eigenvalue weighted by atomic mass is 79.9. The van der Waals surface area contributed by atoms with Crippen molar-refractivity contribution in [3.63, 3.8) is 0 Å². The monoisotopic (exact) mass is 397 g/mol. The average Bonchev–Trinajstić information content (AvgIpc) is 2.44. The van der Waals surface area contributed by atoms with Gasteiger partial charge >= 0.3 is 0 Å². The number of alkyl halides is 1. The summed E-state index contributed by atoms with van der Waals surface area (Å²) in [6.45, 7) is 4.87. The molecule has 1 amide bonds. The Morgan fingerprint density at radius 1 is 1.15 bits per heavy atom. The molecule has 2 aromatic rings. The fourth-order valence-electron chi connectivity index (χ4n) is 1.83. The van der Waals surface area contributed by atoms with Gasteiger partial charge in [-0.25, -0.2) is 0 Å². The van der Waals surface area contributed by atoms with Crippen molar-refractivity contribution >= 4 is 48.5 Å². The van der Waals surface area contributed by atoms with Crippen molar-refractivity contribution in [1.29, 1.82) is 0 Å². The van der Waals surface area contributed by atoms with E-state index in [1.807, 2.05) is 36.4 Å². The van der Waals surface area contributed by atoms with Crippen molar-refractivity contribution in [2.45, 2.75) is 13.8 Å². The summed E-state index contributed by atoms with van der Waals surface area (Å²) in [5.74, 6) is -0.0242. The van der Waals surface area contributed by atoms with Crippen molar-refractivity contribution < 1.29 is 4.79 Å². The Labute approximate surface area is 136 Å². The zero-order valence-electron chi connectivity index (χ0n) is 11.5. The van der Waals surface area contributed by atoms with Gasteiger partial charge in [-0.05, 0) is 40.5 Å². The van der Waals surface area contributed by atoms with Crippen LogP contribution < -0.4 is 5.32 Å². The maximum atomic E-state index is 12.2. The minimum Gasteiger partial charge on any atom is -0.351 e. The van der Waals surface area contributed by atoms with Crippen molar-refractivity contribution in [1.82, 2.24) is 5.32 Å². The van der Waals surface area contributed by atoms with E-state index >= 15 is 0 Å². The zero-order valence-corrected chi connectivity index (χ0v) is 14.7. The molecule has 0 aliphatic carbocycles. The van der Waals surface area contributed by atoms with E-state index in [1.165, 1.54) is 0 Å². The number of halogens is 2. The molecule has 2 nitrogen and oxygen atoms in total. The van der Waals surface area contributed by atoms with Crippen LogP contribution in [0, 0.1) is 5.41 Å². The second kappa shape index (κ2) is 6.27. The van der Waals surface area contributed by atoms with Gasteiger partial charge < -0.3 is 5.32 Å². The van der Waals surface area contributed by atoms with Crippen molar-refractivity contribution in [3.8, 4) is 0 Å². The Hall–Kier alpha value is -0.870. The number of amides is 1. The number of carbonyl (C=O) groups is 1. The summed E-state index contributed by atoms with van der Waals surface area (Å²) in [6.07, 6.45) is 0. The number of benzene rings is 2. The number of nitrogens with one attached hydrogen (secondary N) is 1. The van der Waals surface area contributed by atoms with E-state index in [0.717, 1.165) is 20.6 Å². The second-order valence-corrected chi connectivity index (χ2v) is 7.16. The summed E-state index contributed by atoms with van der Waals surface area (Å²) in [5, 5.41) is 6.03. The normalized spacial score (nSPS) is 11.6. The van der Waals surface area contributed by atoms with Gasteiger partial charge in [0.25, 0.3) is 5.91 Å². The lowest BCUT2D eigenvalue weighted by Crippen LogP contribution is -2.34. The molecule has 20 heavy (non-hydrogen) atoms. The summed E-state index contributed by atoms with van der Waals surface area (Å²) in [5.41, 5.74) is 0.752. The Bertz CT molecular complexity index is 637. The van der Waals surface area contributed by atoms with Crippen LogP contribution in [0.15, 0.2) is 40.9 Å². The second-order valence-electron chi connectivity index (χ2n) is 5.69. The van der Waals surface area contributed by atoms with Gasteiger partial charge in [0.05, 0.1) is 0 Å². The van der Waals surface area contributed by atoms with Gasteiger partial charge in [-0.1, -0.05) is 57.8 Å². The molecule has 1 N–H and O–H groups in total. The molecule has 2 aromatic carbocycles. The Balaban J connectivity index is 2.16. The van der Waals surface area contributed by atoms with E-state index in [2.05, 4.69) is 51.0 Å².